The lowest BCUT2D eigenvalue weighted by Gasteiger charge is -2.19. The van der Waals surface area contributed by atoms with Crippen LogP contribution in [0.1, 0.15) is 114 Å². The third kappa shape index (κ3) is 30.7. The van der Waals surface area contributed by atoms with Gasteiger partial charge in [0.25, 0.3) is 11.2 Å². The maximum absolute atomic E-state index is 12.4. The second kappa shape index (κ2) is 20.9. The van der Waals surface area contributed by atoms with Crippen molar-refractivity contribution in [2.24, 2.45) is 10.8 Å². The smallest absolute Gasteiger partial charge is 0.330 e. The first-order chi connectivity index (χ1) is 20.0. The van der Waals surface area contributed by atoms with Crippen molar-refractivity contribution < 1.29 is 37.4 Å². The van der Waals surface area contributed by atoms with Crippen LogP contribution in [0.25, 0.3) is 0 Å². The van der Waals surface area contributed by atoms with E-state index in [-0.39, 0.29) is 45.7 Å². The summed E-state index contributed by atoms with van der Waals surface area (Å²) in [6.45, 7) is 28.1. The lowest BCUT2D eigenvalue weighted by molar-refractivity contribution is -0.135. The number of thiazole rings is 1. The Kier molecular flexibility index (Phi) is 21.5. The van der Waals surface area contributed by atoms with Gasteiger partial charge < -0.3 is 14.8 Å². The van der Waals surface area contributed by atoms with Crippen LogP contribution >= 0.6 is 11.3 Å². The van der Waals surface area contributed by atoms with Gasteiger partial charge in [-0.1, -0.05) is 64.5 Å². The monoisotopic (exact) mass is 658 g/mol. The largest absolute Gasteiger partial charge is 0.466 e. The van der Waals surface area contributed by atoms with Crippen LogP contribution in [-0.4, -0.2) is 53.3 Å². The van der Waals surface area contributed by atoms with E-state index in [4.69, 9.17) is 4.74 Å². The van der Waals surface area contributed by atoms with Gasteiger partial charge in [0, 0.05) is 33.9 Å². The number of carbonyl (C=O) groups is 4. The predicted octanol–water partition coefficient (Wildman–Crippen LogP) is 8.38. The molecule has 0 bridgehead atoms. The lowest BCUT2D eigenvalue weighted by Crippen LogP contribution is -2.40. The molecular weight excluding hydrogens is 602 g/mol. The van der Waals surface area contributed by atoms with Crippen molar-refractivity contribution in [3.05, 3.63) is 52.0 Å². The highest BCUT2D eigenvalue weighted by atomic mass is 32.1. The van der Waals surface area contributed by atoms with Crippen LogP contribution in [0.5, 0.6) is 0 Å². The van der Waals surface area contributed by atoms with Gasteiger partial charge in [0.2, 0.25) is 0 Å². The number of ether oxygens (including phenoxy) is 2. The molecule has 1 amide bonds. The minimum atomic E-state index is -0.584. The van der Waals surface area contributed by atoms with Gasteiger partial charge >= 0.3 is 5.97 Å². The number of nitrogens with zero attached hydrogens (tertiary/aromatic N) is 1. The molecule has 1 rings (SSSR count). The lowest BCUT2D eigenvalue weighted by atomic mass is 9.90. The van der Waals surface area contributed by atoms with Crippen LogP contribution in [0, 0.1) is 16.1 Å². The molecule has 0 aliphatic rings. The summed E-state index contributed by atoms with van der Waals surface area (Å²) in [6, 6.07) is 0. The van der Waals surface area contributed by atoms with E-state index in [1.165, 1.54) is 25.5 Å². The summed E-state index contributed by atoms with van der Waals surface area (Å²) in [4.78, 5) is 47.5. The fourth-order valence-corrected chi connectivity index (χ4v) is 2.67. The Hall–Kier alpha value is -3.05. The predicted molar refractivity (Wildman–Crippen MR) is 179 cm³/mol. The normalized spacial score (nSPS) is 11.9. The maximum atomic E-state index is 12.4. The number of carbonyl (C=O) groups excluding carboxylic acids is 4. The molecule has 258 valence electrons. The van der Waals surface area contributed by atoms with Crippen molar-refractivity contribution in [3.8, 4) is 0 Å². The van der Waals surface area contributed by atoms with E-state index in [0.717, 1.165) is 23.0 Å². The molecule has 1 heterocycles. The first kappa shape index (κ1) is 46.4. The highest BCUT2D eigenvalue weighted by Gasteiger charge is 2.19. The van der Waals surface area contributed by atoms with E-state index >= 15 is 0 Å². The SMILES string of the molecule is C/C(F)=C/C(=O)C(C)(C)C.CC(C)(C)NC(=O)c1csc(F)n1.CC(C)=CC(=O)C(C)(C)C.COC(=O)/C=C/COC(C)(C)C. The number of halogens is 2. The number of esters is 1. The Morgan fingerprint density at radius 2 is 1.33 bits per heavy atom. The quantitative estimate of drug-likeness (QED) is 0.241. The van der Waals surface area contributed by atoms with Gasteiger partial charge in [0.15, 0.2) is 11.6 Å². The zero-order valence-electron chi connectivity index (χ0n) is 30.2. The third-order valence-corrected chi connectivity index (χ3v) is 5.12. The number of ketones is 2. The first-order valence-corrected chi connectivity index (χ1v) is 15.3. The fraction of sp³-hybridized carbons (Fsp3) is 0.618. The van der Waals surface area contributed by atoms with Crippen molar-refractivity contribution in [1.29, 1.82) is 0 Å². The van der Waals surface area contributed by atoms with Crippen LogP contribution in [0.3, 0.4) is 0 Å². The van der Waals surface area contributed by atoms with Gasteiger partial charge in [-0.3, -0.25) is 14.4 Å². The second-order valence-corrected chi connectivity index (χ2v) is 15.0. The summed E-state index contributed by atoms with van der Waals surface area (Å²) in [6.07, 6.45) is 5.71. The molecular formula is C34H56F2N2O6S. The molecule has 1 aromatic heterocycles. The maximum Gasteiger partial charge on any atom is 0.330 e. The van der Waals surface area contributed by atoms with E-state index in [1.807, 2.05) is 76.2 Å². The number of hydrogen-bond acceptors (Lipinski definition) is 8. The Balaban J connectivity index is -0.000000527. The fourth-order valence-electron chi connectivity index (χ4n) is 2.15. The Labute approximate surface area is 273 Å². The topological polar surface area (TPSA) is 112 Å². The van der Waals surface area contributed by atoms with E-state index in [2.05, 4.69) is 15.0 Å². The number of methoxy groups -OCH3 is 1. The van der Waals surface area contributed by atoms with Crippen molar-refractivity contribution in [1.82, 2.24) is 10.3 Å². The summed E-state index contributed by atoms with van der Waals surface area (Å²) in [7, 11) is 1.34. The van der Waals surface area contributed by atoms with Crippen molar-refractivity contribution >= 4 is 34.8 Å². The van der Waals surface area contributed by atoms with Crippen LogP contribution in [0.4, 0.5) is 8.78 Å². The molecule has 0 saturated heterocycles. The molecule has 0 aliphatic carbocycles. The number of nitrogens with one attached hydrogen (secondary N) is 1. The zero-order chi connectivity index (χ0) is 36.4. The van der Waals surface area contributed by atoms with Gasteiger partial charge in [-0.05, 0) is 68.4 Å². The summed E-state index contributed by atoms with van der Waals surface area (Å²) < 4.78 is 34.3. The van der Waals surface area contributed by atoms with Gasteiger partial charge in [0.1, 0.15) is 11.5 Å². The molecule has 8 nitrogen and oxygen atoms in total. The van der Waals surface area contributed by atoms with Crippen molar-refractivity contribution in [3.63, 3.8) is 0 Å². The summed E-state index contributed by atoms with van der Waals surface area (Å²) in [5.74, 6) is -1.10. The van der Waals surface area contributed by atoms with E-state index < -0.39 is 16.5 Å². The number of rotatable bonds is 6. The summed E-state index contributed by atoms with van der Waals surface area (Å²) >= 11 is 0.820. The van der Waals surface area contributed by atoms with Crippen LogP contribution in [-0.2, 0) is 23.9 Å². The molecule has 0 radical (unpaired) electrons. The van der Waals surface area contributed by atoms with Crippen molar-refractivity contribution in [2.45, 2.75) is 115 Å². The standard InChI is InChI=1S/C9H16O3.C9H16O.C8H11FN2OS.C8H13FO/c1-9(2,3)12-7-5-6-8(10)11-4;1-7(2)6-8(10)9(3,4)5;1-8(2,3)11-6(12)5-4-13-7(9)10-5;1-6(9)5-7(10)8(2,3)4/h5-6H,7H2,1-4H3;6H,1-5H3;4H,1-3H3,(H,11,12);5H,1-4H3/b6-5+;;;6-5-. The molecule has 0 unspecified atom stereocenters. The van der Waals surface area contributed by atoms with Gasteiger partial charge in [-0.25, -0.2) is 14.2 Å². The van der Waals surface area contributed by atoms with E-state index in [0.29, 0.717) is 6.61 Å². The Morgan fingerprint density at radius 3 is 1.60 bits per heavy atom. The Morgan fingerprint density at radius 1 is 0.867 bits per heavy atom. The average molecular weight is 659 g/mol. The van der Waals surface area contributed by atoms with E-state index in [9.17, 15) is 28.0 Å². The minimum absolute atomic E-state index is 0.137. The van der Waals surface area contributed by atoms with Crippen molar-refractivity contribution in [2.75, 3.05) is 13.7 Å². The van der Waals surface area contributed by atoms with E-state index in [1.54, 1.807) is 32.9 Å². The molecule has 1 N–H and O–H groups in total. The molecule has 0 fully saturated rings. The molecule has 0 atom stereocenters. The summed E-state index contributed by atoms with van der Waals surface area (Å²) in [5.41, 5.74) is 0.0276. The van der Waals surface area contributed by atoms with Crippen LogP contribution < -0.4 is 5.32 Å². The number of amides is 1. The van der Waals surface area contributed by atoms with Gasteiger partial charge in [-0.2, -0.15) is 4.39 Å². The molecule has 11 heteroatoms. The van der Waals surface area contributed by atoms with Gasteiger partial charge in [0.05, 0.1) is 19.3 Å². The minimum Gasteiger partial charge on any atom is -0.466 e. The Bertz CT molecular complexity index is 1120. The van der Waals surface area contributed by atoms with Crippen LogP contribution in [0.2, 0.25) is 0 Å². The highest BCUT2D eigenvalue weighted by molar-refractivity contribution is 7.08. The summed E-state index contributed by atoms with van der Waals surface area (Å²) in [5, 5.41) is 3.50. The third-order valence-electron chi connectivity index (χ3n) is 4.49. The van der Waals surface area contributed by atoms with Crippen LogP contribution in [0.15, 0.2) is 41.1 Å². The molecule has 0 aliphatic heterocycles. The number of allylic oxidation sites excluding steroid dienone is 4. The zero-order valence-corrected chi connectivity index (χ0v) is 31.0. The van der Waals surface area contributed by atoms with Gasteiger partial charge in [-0.15, -0.1) is 0 Å². The first-order valence-electron chi connectivity index (χ1n) is 14.4. The number of aromatic nitrogens is 1. The highest BCUT2D eigenvalue weighted by Crippen LogP contribution is 2.17. The molecule has 0 spiro atoms. The number of hydrogen-bond donors (Lipinski definition) is 1. The molecule has 1 aromatic rings. The average Bonchev–Trinajstić information content (AvgIpc) is 3.26. The molecule has 0 aromatic carbocycles. The molecule has 45 heavy (non-hydrogen) atoms. The second-order valence-electron chi connectivity index (χ2n) is 14.2. The molecule has 0 saturated carbocycles.